The highest BCUT2D eigenvalue weighted by Crippen LogP contribution is 2.44. The molecule has 2 atom stereocenters. The lowest BCUT2D eigenvalue weighted by molar-refractivity contribution is 0.423. The minimum Gasteiger partial charge on any atom is -0.507 e. The van der Waals surface area contributed by atoms with Gasteiger partial charge in [-0.1, -0.05) is 41.5 Å². The molecule has 2 aromatic rings. The fraction of sp³-hybridized carbons (Fsp3) is 0.571. The van der Waals surface area contributed by atoms with Gasteiger partial charge in [0.25, 0.3) is 0 Å². The summed E-state index contributed by atoms with van der Waals surface area (Å²) in [6, 6.07) is 4.75. The fourth-order valence-electron chi connectivity index (χ4n) is 3.23. The van der Waals surface area contributed by atoms with Gasteiger partial charge in [-0.15, -0.1) is 11.3 Å². The van der Waals surface area contributed by atoms with E-state index in [1.807, 2.05) is 0 Å². The molecule has 1 aliphatic rings. The number of benzene rings is 1. The molecule has 2 heterocycles. The Hall–Kier alpha value is -1.39. The molecule has 3 nitrogen and oxygen atoms in total. The lowest BCUT2D eigenvalue weighted by Crippen LogP contribution is -2.17. The first kappa shape index (κ1) is 18.4. The Morgan fingerprint density at radius 1 is 1.08 bits per heavy atom. The van der Waals surface area contributed by atoms with E-state index in [0.29, 0.717) is 11.8 Å². The summed E-state index contributed by atoms with van der Waals surface area (Å²) in [6.07, 6.45) is 0. The Bertz CT molecular complexity index is 773. The smallest absolute Gasteiger partial charge is 0.123 e. The van der Waals surface area contributed by atoms with E-state index in [2.05, 4.69) is 72.5 Å². The van der Waals surface area contributed by atoms with Crippen LogP contribution in [0.1, 0.15) is 68.6 Å². The minimum absolute atomic E-state index is 0.121. The van der Waals surface area contributed by atoms with Gasteiger partial charge in [0.1, 0.15) is 10.8 Å². The molecule has 0 radical (unpaired) electrons. The van der Waals surface area contributed by atoms with Crippen molar-refractivity contribution in [3.63, 3.8) is 0 Å². The molecule has 0 aliphatic carbocycles. The average molecular weight is 359 g/mol. The van der Waals surface area contributed by atoms with E-state index >= 15 is 0 Å². The van der Waals surface area contributed by atoms with Gasteiger partial charge < -0.3 is 5.11 Å². The molecule has 1 aromatic heterocycles. The van der Waals surface area contributed by atoms with E-state index in [4.69, 9.17) is 4.98 Å². The maximum atomic E-state index is 10.9. The quantitative estimate of drug-likeness (QED) is 0.730. The van der Waals surface area contributed by atoms with Crippen LogP contribution >= 0.6 is 11.3 Å². The zero-order valence-electron chi connectivity index (χ0n) is 16.7. The topological polar surface area (TPSA) is 36.1 Å². The van der Waals surface area contributed by atoms with Gasteiger partial charge >= 0.3 is 0 Å². The Labute approximate surface area is 155 Å². The number of hydrogen-bond acceptors (Lipinski definition) is 4. The molecule has 136 valence electrons. The van der Waals surface area contributed by atoms with Crippen molar-refractivity contribution in [1.82, 2.24) is 9.88 Å². The summed E-state index contributed by atoms with van der Waals surface area (Å²) in [5, 5.41) is 12.1. The molecule has 25 heavy (non-hydrogen) atoms. The van der Waals surface area contributed by atoms with Crippen LogP contribution in [-0.4, -0.2) is 28.6 Å². The molecule has 1 fully saturated rings. The molecule has 3 rings (SSSR count). The second kappa shape index (κ2) is 5.82. The highest BCUT2D eigenvalue weighted by Gasteiger charge is 2.35. The number of aryl methyl sites for hydroxylation is 1. The molecule has 4 heteroatoms. The summed E-state index contributed by atoms with van der Waals surface area (Å²) in [7, 11) is 2.14. The standard InChI is InChI=1S/C21H30N2OS/c1-12-17(22-19(25-12)16-11-23(16)8)13-9-14(20(2,3)4)18(24)15(10-13)21(5,6)7/h9-10,16,24H,11H2,1-8H3. The lowest BCUT2D eigenvalue weighted by Gasteiger charge is -2.28. The number of rotatable bonds is 2. The third-order valence-corrected chi connectivity index (χ3v) is 6.03. The molecule has 1 aromatic carbocycles. The molecule has 0 saturated carbocycles. The van der Waals surface area contributed by atoms with Crippen molar-refractivity contribution in [1.29, 1.82) is 0 Å². The van der Waals surface area contributed by atoms with Crippen molar-refractivity contribution in [3.05, 3.63) is 33.1 Å². The van der Waals surface area contributed by atoms with Gasteiger partial charge in [-0.05, 0) is 36.9 Å². The van der Waals surface area contributed by atoms with E-state index in [-0.39, 0.29) is 10.8 Å². The Morgan fingerprint density at radius 2 is 1.56 bits per heavy atom. The van der Waals surface area contributed by atoms with Crippen LogP contribution in [0, 0.1) is 6.92 Å². The van der Waals surface area contributed by atoms with Crippen molar-refractivity contribution in [2.75, 3.05) is 13.6 Å². The molecule has 2 unspecified atom stereocenters. The van der Waals surface area contributed by atoms with Gasteiger partial charge in [-0.3, -0.25) is 4.90 Å². The SMILES string of the molecule is Cc1sc(C2CN2C)nc1-c1cc(C(C)(C)C)c(O)c(C(C)(C)C)c1. The summed E-state index contributed by atoms with van der Waals surface area (Å²) in [6.45, 7) is 16.1. The summed E-state index contributed by atoms with van der Waals surface area (Å²) in [5.41, 5.74) is 3.93. The number of aromatic nitrogens is 1. The van der Waals surface area contributed by atoms with Crippen molar-refractivity contribution in [2.45, 2.75) is 65.3 Å². The summed E-state index contributed by atoms with van der Waals surface area (Å²) < 4.78 is 0. The van der Waals surface area contributed by atoms with Gasteiger partial charge in [-0.2, -0.15) is 0 Å². The Balaban J connectivity index is 2.18. The average Bonchev–Trinajstić information content (AvgIpc) is 3.05. The summed E-state index contributed by atoms with van der Waals surface area (Å²) >= 11 is 1.80. The van der Waals surface area contributed by atoms with E-state index in [0.717, 1.165) is 28.9 Å². The fourth-order valence-corrected chi connectivity index (χ4v) is 4.34. The number of aromatic hydroxyl groups is 1. The number of phenols is 1. The zero-order chi connectivity index (χ0) is 18.7. The second-order valence-electron chi connectivity index (χ2n) is 9.33. The Kier molecular flexibility index (Phi) is 4.28. The largest absolute Gasteiger partial charge is 0.507 e. The van der Waals surface area contributed by atoms with Crippen molar-refractivity contribution >= 4 is 11.3 Å². The predicted molar refractivity (Wildman–Crippen MR) is 107 cm³/mol. The van der Waals surface area contributed by atoms with Crippen LogP contribution in [0.25, 0.3) is 11.3 Å². The number of thiazole rings is 1. The number of likely N-dealkylation sites (N-methyl/N-ethyl adjacent to an activating group) is 1. The van der Waals surface area contributed by atoms with Gasteiger partial charge in [0.05, 0.1) is 11.7 Å². The molecular formula is C21H30N2OS. The first-order valence-electron chi connectivity index (χ1n) is 8.95. The maximum absolute atomic E-state index is 10.9. The molecule has 0 bridgehead atoms. The maximum Gasteiger partial charge on any atom is 0.123 e. The van der Waals surface area contributed by atoms with Crippen molar-refractivity contribution in [2.24, 2.45) is 0 Å². The lowest BCUT2D eigenvalue weighted by atomic mass is 9.78. The summed E-state index contributed by atoms with van der Waals surface area (Å²) in [5.74, 6) is 0.429. The van der Waals surface area contributed by atoms with E-state index < -0.39 is 0 Å². The highest BCUT2D eigenvalue weighted by molar-refractivity contribution is 7.12. The molecule has 1 aliphatic heterocycles. The molecule has 1 N–H and O–H groups in total. The number of hydrogen-bond donors (Lipinski definition) is 1. The van der Waals surface area contributed by atoms with Crippen LogP contribution in [0.5, 0.6) is 5.75 Å². The van der Waals surface area contributed by atoms with Gasteiger partial charge in [-0.25, -0.2) is 4.98 Å². The van der Waals surface area contributed by atoms with E-state index in [1.165, 1.54) is 9.88 Å². The number of phenolic OH excluding ortho intramolecular Hbond substituents is 1. The molecular weight excluding hydrogens is 328 g/mol. The van der Waals surface area contributed by atoms with Gasteiger partial charge in [0, 0.05) is 28.1 Å². The minimum atomic E-state index is -0.121. The van der Waals surface area contributed by atoms with Gasteiger partial charge in [0.2, 0.25) is 0 Å². The van der Waals surface area contributed by atoms with Gasteiger partial charge in [0.15, 0.2) is 0 Å². The van der Waals surface area contributed by atoms with Crippen LogP contribution in [-0.2, 0) is 10.8 Å². The molecule has 0 spiro atoms. The zero-order valence-corrected chi connectivity index (χ0v) is 17.5. The normalized spacial score (nSPS) is 20.8. The molecule has 0 amide bonds. The van der Waals surface area contributed by atoms with E-state index in [9.17, 15) is 5.11 Å². The van der Waals surface area contributed by atoms with Crippen LogP contribution in [0.4, 0.5) is 0 Å². The monoisotopic (exact) mass is 358 g/mol. The van der Waals surface area contributed by atoms with Crippen molar-refractivity contribution < 1.29 is 5.11 Å². The third-order valence-electron chi connectivity index (χ3n) is 4.96. The van der Waals surface area contributed by atoms with Crippen LogP contribution < -0.4 is 0 Å². The Morgan fingerprint density at radius 3 is 1.96 bits per heavy atom. The third kappa shape index (κ3) is 3.47. The van der Waals surface area contributed by atoms with Crippen LogP contribution in [0.2, 0.25) is 0 Å². The highest BCUT2D eigenvalue weighted by atomic mass is 32.1. The first-order chi connectivity index (χ1) is 11.4. The number of nitrogens with zero attached hydrogens (tertiary/aromatic N) is 2. The van der Waals surface area contributed by atoms with Crippen LogP contribution in [0.3, 0.4) is 0 Å². The van der Waals surface area contributed by atoms with E-state index in [1.54, 1.807) is 11.3 Å². The predicted octanol–water partition coefficient (Wildman–Crippen LogP) is 5.41. The van der Waals surface area contributed by atoms with Crippen molar-refractivity contribution in [3.8, 4) is 17.0 Å². The molecule has 1 saturated heterocycles. The second-order valence-corrected chi connectivity index (χ2v) is 10.6. The van der Waals surface area contributed by atoms with Crippen LogP contribution in [0.15, 0.2) is 12.1 Å². The summed E-state index contributed by atoms with van der Waals surface area (Å²) in [4.78, 5) is 8.52. The first-order valence-corrected chi connectivity index (χ1v) is 9.77.